The molecule has 33 heavy (non-hydrogen) atoms. The van der Waals surface area contributed by atoms with Crippen molar-refractivity contribution in [2.75, 3.05) is 38.1 Å². The highest BCUT2D eigenvalue weighted by Gasteiger charge is 2.33. The quantitative estimate of drug-likeness (QED) is 0.636. The zero-order chi connectivity index (χ0) is 22.9. The average Bonchev–Trinajstić information content (AvgIpc) is 3.23. The minimum atomic E-state index is -0.686. The number of benzene rings is 2. The number of ether oxygens (including phenoxy) is 2. The summed E-state index contributed by atoms with van der Waals surface area (Å²) in [6.07, 6.45) is -0.686. The molecule has 1 aromatic heterocycles. The molecule has 0 bridgehead atoms. The third-order valence-corrected chi connectivity index (χ3v) is 6.51. The maximum atomic E-state index is 13.0. The molecule has 1 unspecified atom stereocenters. The fourth-order valence-corrected chi connectivity index (χ4v) is 4.87. The first-order valence-electron chi connectivity index (χ1n) is 10.6. The number of nitrogens with one attached hydrogen (secondary N) is 1. The van der Waals surface area contributed by atoms with Crippen molar-refractivity contribution in [3.05, 3.63) is 48.0 Å². The van der Waals surface area contributed by atoms with Crippen LogP contribution in [0, 0.1) is 0 Å². The molecule has 3 amide bonds. The van der Waals surface area contributed by atoms with Crippen molar-refractivity contribution >= 4 is 44.4 Å². The van der Waals surface area contributed by atoms with E-state index in [1.807, 2.05) is 18.2 Å². The van der Waals surface area contributed by atoms with Crippen LogP contribution in [0.3, 0.4) is 0 Å². The van der Waals surface area contributed by atoms with Gasteiger partial charge in [-0.05, 0) is 30.3 Å². The van der Waals surface area contributed by atoms with Crippen LogP contribution in [0.25, 0.3) is 10.2 Å². The zero-order valence-corrected chi connectivity index (χ0v) is 18.8. The number of hydrogen-bond acceptors (Lipinski definition) is 7. The molecule has 2 aliphatic heterocycles. The molecular weight excluding hydrogens is 444 g/mol. The summed E-state index contributed by atoms with van der Waals surface area (Å²) in [4.78, 5) is 45.0. The molecule has 2 aromatic carbocycles. The standard InChI is InChI=1S/C23H22N4O5S/c1-14(28)24-23-25-16-7-6-15(12-20(16)33-23)21(29)26-8-10-27(11-9-26)22(30)19-13-31-17-4-2-3-5-18(17)32-19/h2-7,12,19H,8-11,13H2,1H3,(H,24,25,28). The van der Waals surface area contributed by atoms with Gasteiger partial charge < -0.3 is 24.6 Å². The predicted octanol–water partition coefficient (Wildman–Crippen LogP) is 2.38. The van der Waals surface area contributed by atoms with Gasteiger partial charge in [-0.15, -0.1) is 0 Å². The van der Waals surface area contributed by atoms with Crippen molar-refractivity contribution in [1.82, 2.24) is 14.8 Å². The van der Waals surface area contributed by atoms with Gasteiger partial charge >= 0.3 is 0 Å². The number of amides is 3. The summed E-state index contributed by atoms with van der Waals surface area (Å²) in [7, 11) is 0. The number of carbonyl (C=O) groups excluding carboxylic acids is 3. The van der Waals surface area contributed by atoms with E-state index in [-0.39, 0.29) is 24.3 Å². The van der Waals surface area contributed by atoms with Crippen molar-refractivity contribution in [1.29, 1.82) is 0 Å². The van der Waals surface area contributed by atoms with Crippen molar-refractivity contribution in [3.8, 4) is 11.5 Å². The number of para-hydroxylation sites is 2. The predicted molar refractivity (Wildman–Crippen MR) is 123 cm³/mol. The maximum Gasteiger partial charge on any atom is 0.267 e. The molecule has 1 N–H and O–H groups in total. The SMILES string of the molecule is CC(=O)Nc1nc2ccc(C(=O)N3CCN(C(=O)C4COc5ccccc5O4)CC3)cc2s1. The highest BCUT2D eigenvalue weighted by molar-refractivity contribution is 7.22. The molecule has 1 fully saturated rings. The van der Waals surface area contributed by atoms with Gasteiger partial charge in [-0.2, -0.15) is 0 Å². The molecule has 1 atom stereocenters. The third kappa shape index (κ3) is 4.34. The monoisotopic (exact) mass is 466 g/mol. The fourth-order valence-electron chi connectivity index (χ4n) is 3.92. The Labute approximate surface area is 193 Å². The Morgan fingerprint density at radius 3 is 2.52 bits per heavy atom. The number of piperazine rings is 1. The molecular formula is C23H22N4O5S. The zero-order valence-electron chi connectivity index (χ0n) is 17.9. The first kappa shape index (κ1) is 21.2. The second-order valence-electron chi connectivity index (χ2n) is 7.86. The Morgan fingerprint density at radius 2 is 1.76 bits per heavy atom. The van der Waals surface area contributed by atoms with E-state index in [9.17, 15) is 14.4 Å². The molecule has 3 heterocycles. The van der Waals surface area contributed by atoms with E-state index in [2.05, 4.69) is 10.3 Å². The first-order chi connectivity index (χ1) is 16.0. The lowest BCUT2D eigenvalue weighted by molar-refractivity contribution is -0.142. The van der Waals surface area contributed by atoms with E-state index < -0.39 is 6.10 Å². The normalized spacial score (nSPS) is 17.7. The third-order valence-electron chi connectivity index (χ3n) is 5.58. The van der Waals surface area contributed by atoms with Crippen LogP contribution >= 0.6 is 11.3 Å². The molecule has 0 saturated carbocycles. The van der Waals surface area contributed by atoms with Crippen molar-refractivity contribution in [3.63, 3.8) is 0 Å². The molecule has 0 spiro atoms. The highest BCUT2D eigenvalue weighted by Crippen LogP contribution is 2.31. The Morgan fingerprint density at radius 1 is 1.03 bits per heavy atom. The van der Waals surface area contributed by atoms with E-state index in [1.54, 1.807) is 34.1 Å². The van der Waals surface area contributed by atoms with E-state index in [0.29, 0.717) is 48.4 Å². The highest BCUT2D eigenvalue weighted by atomic mass is 32.1. The van der Waals surface area contributed by atoms with Crippen molar-refractivity contribution in [2.45, 2.75) is 13.0 Å². The van der Waals surface area contributed by atoms with Gasteiger partial charge in [0.15, 0.2) is 16.6 Å². The summed E-state index contributed by atoms with van der Waals surface area (Å²) in [6, 6.07) is 12.6. The van der Waals surface area contributed by atoms with Gasteiger partial charge in [-0.25, -0.2) is 4.98 Å². The second-order valence-corrected chi connectivity index (χ2v) is 8.90. The molecule has 1 saturated heterocycles. The number of fused-ring (bicyclic) bond motifs is 2. The molecule has 10 heteroatoms. The smallest absolute Gasteiger partial charge is 0.267 e. The Bertz CT molecular complexity index is 1230. The van der Waals surface area contributed by atoms with E-state index in [1.165, 1.54) is 18.3 Å². The van der Waals surface area contributed by atoms with E-state index in [0.717, 1.165) is 10.2 Å². The first-order valence-corrected chi connectivity index (χ1v) is 11.4. The molecule has 3 aromatic rings. The van der Waals surface area contributed by atoms with Gasteiger partial charge in [0.25, 0.3) is 11.8 Å². The average molecular weight is 467 g/mol. The summed E-state index contributed by atoms with van der Waals surface area (Å²) in [5, 5.41) is 3.18. The van der Waals surface area contributed by atoms with Crippen LogP contribution in [-0.2, 0) is 9.59 Å². The van der Waals surface area contributed by atoms with Crippen LogP contribution < -0.4 is 14.8 Å². The van der Waals surface area contributed by atoms with E-state index >= 15 is 0 Å². The van der Waals surface area contributed by atoms with Gasteiger partial charge in [-0.3, -0.25) is 14.4 Å². The minimum absolute atomic E-state index is 0.0929. The van der Waals surface area contributed by atoms with Gasteiger partial charge in [0.1, 0.15) is 6.61 Å². The Kier molecular flexibility index (Phi) is 5.59. The number of nitrogens with zero attached hydrogens (tertiary/aromatic N) is 3. The van der Waals surface area contributed by atoms with Crippen LogP contribution in [-0.4, -0.2) is 71.4 Å². The topological polar surface area (TPSA) is 101 Å². The van der Waals surface area contributed by atoms with E-state index in [4.69, 9.17) is 9.47 Å². The van der Waals surface area contributed by atoms with Gasteiger partial charge in [-0.1, -0.05) is 23.5 Å². The molecule has 0 radical (unpaired) electrons. The van der Waals surface area contributed by atoms with Crippen LogP contribution in [0.4, 0.5) is 5.13 Å². The molecule has 5 rings (SSSR count). The lowest BCUT2D eigenvalue weighted by atomic mass is 10.1. The van der Waals surface area contributed by atoms with Crippen LogP contribution in [0.15, 0.2) is 42.5 Å². The van der Waals surface area contributed by atoms with Crippen molar-refractivity contribution < 1.29 is 23.9 Å². The minimum Gasteiger partial charge on any atom is -0.485 e. The van der Waals surface area contributed by atoms with Crippen molar-refractivity contribution in [2.24, 2.45) is 0 Å². The van der Waals surface area contributed by atoms with Crippen LogP contribution in [0.1, 0.15) is 17.3 Å². The lowest BCUT2D eigenvalue weighted by Crippen LogP contribution is -2.55. The Balaban J connectivity index is 1.20. The lowest BCUT2D eigenvalue weighted by Gasteiger charge is -2.37. The summed E-state index contributed by atoms with van der Waals surface area (Å²) >= 11 is 1.33. The summed E-state index contributed by atoms with van der Waals surface area (Å²) in [5.41, 5.74) is 1.29. The fraction of sp³-hybridized carbons (Fsp3) is 0.304. The van der Waals surface area contributed by atoms with Crippen LogP contribution in [0.2, 0.25) is 0 Å². The second kappa shape index (κ2) is 8.70. The summed E-state index contributed by atoms with van der Waals surface area (Å²) in [6.45, 7) is 3.34. The summed E-state index contributed by atoms with van der Waals surface area (Å²) in [5.74, 6) is 0.792. The number of aromatic nitrogens is 1. The molecule has 170 valence electrons. The summed E-state index contributed by atoms with van der Waals surface area (Å²) < 4.78 is 12.3. The number of anilines is 1. The van der Waals surface area contributed by atoms with Gasteiger partial charge in [0.05, 0.1) is 10.2 Å². The van der Waals surface area contributed by atoms with Gasteiger partial charge in [0.2, 0.25) is 12.0 Å². The largest absolute Gasteiger partial charge is 0.485 e. The number of hydrogen-bond donors (Lipinski definition) is 1. The Hall–Kier alpha value is -3.66. The molecule has 9 nitrogen and oxygen atoms in total. The number of carbonyl (C=O) groups is 3. The van der Waals surface area contributed by atoms with Gasteiger partial charge in [0, 0.05) is 38.7 Å². The number of thiazole rings is 1. The maximum absolute atomic E-state index is 13.0. The van der Waals surface area contributed by atoms with Crippen LogP contribution in [0.5, 0.6) is 11.5 Å². The number of rotatable bonds is 3. The molecule has 0 aliphatic carbocycles. The molecule has 2 aliphatic rings.